The second-order valence-electron chi connectivity index (χ2n) is 6.78. The maximum atomic E-state index is 11.5. The molecular formula is C19H42NNaO3S. The minimum absolute atomic E-state index is 0. The van der Waals surface area contributed by atoms with Crippen LogP contribution in [0.1, 0.15) is 98.2 Å². The van der Waals surface area contributed by atoms with Crippen molar-refractivity contribution in [3.8, 4) is 0 Å². The summed E-state index contributed by atoms with van der Waals surface area (Å²) in [7, 11) is -1.58. The average Bonchev–Trinajstić information content (AvgIpc) is 2.56. The van der Waals surface area contributed by atoms with E-state index in [9.17, 15) is 8.42 Å². The van der Waals surface area contributed by atoms with Gasteiger partial charge in [0.05, 0.1) is 12.4 Å². The SMILES string of the molecule is CCCCCCCCCCCCCCCCOS(=O)(=O)CCNC.[H-].[Na+]. The Balaban J connectivity index is -0.00000264. The summed E-state index contributed by atoms with van der Waals surface area (Å²) < 4.78 is 27.9. The van der Waals surface area contributed by atoms with Gasteiger partial charge in [0, 0.05) is 6.54 Å². The Bertz CT molecular complexity index is 357. The van der Waals surface area contributed by atoms with Crippen LogP contribution < -0.4 is 34.9 Å². The molecule has 0 spiro atoms. The van der Waals surface area contributed by atoms with Crippen LogP contribution in [0.3, 0.4) is 0 Å². The van der Waals surface area contributed by atoms with Crippen LogP contribution in [0.15, 0.2) is 0 Å². The van der Waals surface area contributed by atoms with Crippen molar-refractivity contribution in [2.45, 2.75) is 96.8 Å². The summed E-state index contributed by atoms with van der Waals surface area (Å²) in [5, 5.41) is 2.82. The fourth-order valence-electron chi connectivity index (χ4n) is 2.77. The fourth-order valence-corrected chi connectivity index (χ4v) is 3.71. The van der Waals surface area contributed by atoms with Gasteiger partial charge in [-0.25, -0.2) is 0 Å². The number of hydrogen-bond donors (Lipinski definition) is 1. The zero-order valence-corrected chi connectivity index (χ0v) is 20.0. The van der Waals surface area contributed by atoms with E-state index in [2.05, 4.69) is 12.2 Å². The molecule has 25 heavy (non-hydrogen) atoms. The van der Waals surface area contributed by atoms with Gasteiger partial charge in [0.2, 0.25) is 0 Å². The van der Waals surface area contributed by atoms with E-state index in [-0.39, 0.29) is 36.7 Å². The molecule has 0 saturated carbocycles. The van der Waals surface area contributed by atoms with Crippen LogP contribution >= 0.6 is 0 Å². The Morgan fingerprint density at radius 2 is 1.16 bits per heavy atom. The average molecular weight is 388 g/mol. The van der Waals surface area contributed by atoms with Gasteiger partial charge in [-0.15, -0.1) is 0 Å². The van der Waals surface area contributed by atoms with Crippen LogP contribution in [-0.2, 0) is 14.3 Å². The van der Waals surface area contributed by atoms with Gasteiger partial charge < -0.3 is 6.74 Å². The molecule has 4 nitrogen and oxygen atoms in total. The minimum atomic E-state index is -3.32. The Morgan fingerprint density at radius 1 is 0.760 bits per heavy atom. The van der Waals surface area contributed by atoms with Gasteiger partial charge >= 0.3 is 29.6 Å². The van der Waals surface area contributed by atoms with Crippen LogP contribution in [0.4, 0.5) is 0 Å². The molecule has 148 valence electrons. The summed E-state index contributed by atoms with van der Waals surface area (Å²) in [6.07, 6.45) is 18.2. The molecule has 0 atom stereocenters. The van der Waals surface area contributed by atoms with Crippen molar-refractivity contribution >= 4 is 10.1 Å². The third kappa shape index (κ3) is 22.8. The fraction of sp³-hybridized carbons (Fsp3) is 1.00. The van der Waals surface area contributed by atoms with E-state index >= 15 is 0 Å². The molecule has 0 aliphatic carbocycles. The molecule has 0 unspecified atom stereocenters. The predicted molar refractivity (Wildman–Crippen MR) is 105 cm³/mol. The Hall–Kier alpha value is 0.870. The van der Waals surface area contributed by atoms with Gasteiger partial charge in [0.15, 0.2) is 0 Å². The molecule has 0 aliphatic heterocycles. The van der Waals surface area contributed by atoms with Gasteiger partial charge in [-0.1, -0.05) is 90.4 Å². The van der Waals surface area contributed by atoms with E-state index in [1.54, 1.807) is 7.05 Å². The molecule has 0 fully saturated rings. The van der Waals surface area contributed by atoms with Crippen LogP contribution in [0.25, 0.3) is 0 Å². The van der Waals surface area contributed by atoms with Crippen LogP contribution in [-0.4, -0.2) is 34.4 Å². The molecular weight excluding hydrogens is 345 g/mol. The van der Waals surface area contributed by atoms with E-state index < -0.39 is 10.1 Å². The molecule has 0 radical (unpaired) electrons. The maximum absolute atomic E-state index is 11.5. The van der Waals surface area contributed by atoms with E-state index in [1.165, 1.54) is 77.0 Å². The monoisotopic (exact) mass is 387 g/mol. The van der Waals surface area contributed by atoms with E-state index in [0.29, 0.717) is 13.2 Å². The zero-order valence-electron chi connectivity index (χ0n) is 18.2. The molecule has 0 aliphatic rings. The topological polar surface area (TPSA) is 55.4 Å². The second kappa shape index (κ2) is 21.2. The van der Waals surface area contributed by atoms with Crippen molar-refractivity contribution in [1.29, 1.82) is 0 Å². The maximum Gasteiger partial charge on any atom is 1.00 e. The molecule has 1 N–H and O–H groups in total. The summed E-state index contributed by atoms with van der Waals surface area (Å²) in [4.78, 5) is 0. The Kier molecular flexibility index (Phi) is 23.8. The molecule has 0 rings (SSSR count). The molecule has 0 aromatic rings. The quantitative estimate of drug-likeness (QED) is 0.210. The minimum Gasteiger partial charge on any atom is -1.00 e. The van der Waals surface area contributed by atoms with E-state index in [1.807, 2.05) is 0 Å². The standard InChI is InChI=1S/C19H41NO3S.Na.H/c1-3-4-5-6-7-8-9-10-11-12-13-14-15-16-18-23-24(21,22)19-17-20-2;;/h20H,3-19H2,1-2H3;;/q;+1;-1. The Morgan fingerprint density at radius 3 is 1.56 bits per heavy atom. The number of rotatable bonds is 19. The first kappa shape index (κ1) is 28.1. The van der Waals surface area contributed by atoms with E-state index in [4.69, 9.17) is 4.18 Å². The molecule has 0 aromatic heterocycles. The van der Waals surface area contributed by atoms with Crippen molar-refractivity contribution in [1.82, 2.24) is 5.32 Å². The van der Waals surface area contributed by atoms with Crippen molar-refractivity contribution in [2.75, 3.05) is 26.0 Å². The first-order chi connectivity index (χ1) is 11.6. The van der Waals surface area contributed by atoms with Gasteiger partial charge in [-0.2, -0.15) is 8.42 Å². The van der Waals surface area contributed by atoms with Crippen molar-refractivity contribution in [3.63, 3.8) is 0 Å². The van der Waals surface area contributed by atoms with Gasteiger partial charge in [-0.05, 0) is 13.5 Å². The van der Waals surface area contributed by atoms with Gasteiger partial charge in [0.25, 0.3) is 10.1 Å². The van der Waals surface area contributed by atoms with Crippen LogP contribution in [0.2, 0.25) is 0 Å². The zero-order chi connectivity index (χ0) is 17.9. The normalized spacial score (nSPS) is 11.4. The largest absolute Gasteiger partial charge is 1.00 e. The van der Waals surface area contributed by atoms with Gasteiger partial charge in [0.1, 0.15) is 0 Å². The first-order valence-corrected chi connectivity index (χ1v) is 11.7. The molecule has 0 bridgehead atoms. The molecule has 6 heteroatoms. The number of nitrogens with one attached hydrogen (secondary N) is 1. The smallest absolute Gasteiger partial charge is 1.00 e. The molecule has 0 amide bonds. The van der Waals surface area contributed by atoms with Gasteiger partial charge in [-0.3, -0.25) is 4.18 Å². The van der Waals surface area contributed by atoms with Crippen molar-refractivity contribution in [3.05, 3.63) is 0 Å². The number of unbranched alkanes of at least 4 members (excludes halogenated alkanes) is 13. The van der Waals surface area contributed by atoms with Crippen LogP contribution in [0, 0.1) is 0 Å². The second-order valence-corrected chi connectivity index (χ2v) is 8.54. The first-order valence-electron chi connectivity index (χ1n) is 10.1. The third-order valence-corrected chi connectivity index (χ3v) is 5.59. The molecule has 0 heterocycles. The molecule has 0 saturated heterocycles. The Labute approximate surface area is 181 Å². The predicted octanol–water partition coefficient (Wildman–Crippen LogP) is 2.15. The summed E-state index contributed by atoms with van der Waals surface area (Å²) in [6.45, 7) is 3.05. The molecule has 0 aromatic carbocycles. The van der Waals surface area contributed by atoms with Crippen molar-refractivity contribution < 1.29 is 43.6 Å². The number of hydrogen-bond acceptors (Lipinski definition) is 4. The van der Waals surface area contributed by atoms with E-state index in [0.717, 1.165) is 12.8 Å². The van der Waals surface area contributed by atoms with Crippen LogP contribution in [0.5, 0.6) is 0 Å². The summed E-state index contributed by atoms with van der Waals surface area (Å²) in [5.74, 6) is 0.0576. The van der Waals surface area contributed by atoms with Crippen molar-refractivity contribution in [2.24, 2.45) is 0 Å². The summed E-state index contributed by atoms with van der Waals surface area (Å²) in [6, 6.07) is 0. The summed E-state index contributed by atoms with van der Waals surface area (Å²) >= 11 is 0. The summed E-state index contributed by atoms with van der Waals surface area (Å²) in [5.41, 5.74) is 0. The third-order valence-electron chi connectivity index (χ3n) is 4.36.